The smallest absolute Gasteiger partial charge is 0.0607 e. The van der Waals surface area contributed by atoms with E-state index < -0.39 is 0 Å². The topological polar surface area (TPSA) is 29.5 Å². The maximum Gasteiger partial charge on any atom is 0.0607 e. The average Bonchev–Trinajstić information content (AvgIpc) is 1.87. The molecule has 1 N–H and O–H groups in total. The molecule has 2 nitrogen and oxygen atoms in total. The van der Waals surface area contributed by atoms with Crippen LogP contribution < -0.4 is 0 Å². The van der Waals surface area contributed by atoms with Gasteiger partial charge in [-0.05, 0) is 25.2 Å². The lowest BCUT2D eigenvalue weighted by Gasteiger charge is -2.44. The monoisotopic (exact) mass is 128 g/mol. The Morgan fingerprint density at radius 2 is 1.78 bits per heavy atom. The van der Waals surface area contributed by atoms with Crippen molar-refractivity contribution in [2.75, 3.05) is 6.61 Å². The van der Waals surface area contributed by atoms with Crippen molar-refractivity contribution in [3.05, 3.63) is 0 Å². The first-order valence-corrected chi connectivity index (χ1v) is 3.65. The molecule has 52 valence electrons. The van der Waals surface area contributed by atoms with E-state index in [1.54, 1.807) is 0 Å². The summed E-state index contributed by atoms with van der Waals surface area (Å²) >= 11 is 0. The van der Waals surface area contributed by atoms with Crippen molar-refractivity contribution in [3.63, 3.8) is 0 Å². The molecular formula is C7H12O2. The highest BCUT2D eigenvalue weighted by atomic mass is 16.5. The molecular weight excluding hydrogens is 116 g/mol. The third-order valence-electron chi connectivity index (χ3n) is 2.36. The summed E-state index contributed by atoms with van der Waals surface area (Å²) in [6.45, 7) is 0.358. The molecule has 0 radical (unpaired) electrons. The van der Waals surface area contributed by atoms with Crippen molar-refractivity contribution >= 4 is 0 Å². The Hall–Kier alpha value is -0.0800. The fourth-order valence-electron chi connectivity index (χ4n) is 1.85. The predicted octanol–water partition coefficient (Wildman–Crippen LogP) is 0.546. The van der Waals surface area contributed by atoms with E-state index in [2.05, 4.69) is 0 Å². The normalized spacial score (nSPS) is 48.3. The van der Waals surface area contributed by atoms with Gasteiger partial charge in [-0.2, -0.15) is 0 Å². The van der Waals surface area contributed by atoms with Crippen molar-refractivity contribution < 1.29 is 9.84 Å². The van der Waals surface area contributed by atoms with E-state index in [1.165, 1.54) is 6.42 Å². The second-order valence-corrected chi connectivity index (χ2v) is 3.14. The van der Waals surface area contributed by atoms with Crippen LogP contribution in [0.25, 0.3) is 0 Å². The summed E-state index contributed by atoms with van der Waals surface area (Å²) in [5, 5.41) is 8.77. The molecule has 1 saturated carbocycles. The summed E-state index contributed by atoms with van der Waals surface area (Å²) in [5.41, 5.74) is 0. The number of rotatable bonds is 1. The second-order valence-electron chi connectivity index (χ2n) is 3.14. The van der Waals surface area contributed by atoms with Crippen LogP contribution in [0.5, 0.6) is 0 Å². The van der Waals surface area contributed by atoms with Gasteiger partial charge in [0, 0.05) is 6.61 Å². The molecule has 2 heteroatoms. The van der Waals surface area contributed by atoms with E-state index >= 15 is 0 Å². The van der Waals surface area contributed by atoms with Crippen LogP contribution in [0.3, 0.4) is 0 Å². The molecule has 0 aromatic heterocycles. The third kappa shape index (κ3) is 0.864. The van der Waals surface area contributed by atoms with Crippen molar-refractivity contribution in [2.24, 2.45) is 5.92 Å². The molecule has 0 aromatic carbocycles. The lowest BCUT2D eigenvalue weighted by molar-refractivity contribution is -0.177. The number of hydrogen-bond acceptors (Lipinski definition) is 2. The van der Waals surface area contributed by atoms with Gasteiger partial charge in [0.15, 0.2) is 0 Å². The molecule has 0 spiro atoms. The Bertz CT molecular complexity index is 97.5. The lowest BCUT2D eigenvalue weighted by atomic mass is 9.81. The maximum absolute atomic E-state index is 8.77. The van der Waals surface area contributed by atoms with E-state index in [4.69, 9.17) is 9.84 Å². The van der Waals surface area contributed by atoms with Gasteiger partial charge >= 0.3 is 0 Å². The quantitative estimate of drug-likeness (QED) is 0.558. The molecule has 3 aliphatic rings. The van der Waals surface area contributed by atoms with Crippen LogP contribution in [-0.4, -0.2) is 23.9 Å². The first-order valence-electron chi connectivity index (χ1n) is 3.65. The first-order chi connectivity index (χ1) is 4.38. The van der Waals surface area contributed by atoms with Gasteiger partial charge in [-0.3, -0.25) is 0 Å². The van der Waals surface area contributed by atoms with Gasteiger partial charge in [-0.25, -0.2) is 0 Å². The number of aliphatic hydroxyl groups excluding tert-OH is 1. The highest BCUT2D eigenvalue weighted by molar-refractivity contribution is 4.87. The van der Waals surface area contributed by atoms with Gasteiger partial charge in [0.1, 0.15) is 0 Å². The molecule has 1 aliphatic carbocycles. The Morgan fingerprint density at radius 1 is 1.22 bits per heavy atom. The van der Waals surface area contributed by atoms with Crippen LogP contribution in [0.4, 0.5) is 0 Å². The molecule has 2 saturated heterocycles. The van der Waals surface area contributed by atoms with Crippen molar-refractivity contribution in [1.29, 1.82) is 0 Å². The number of fused-ring (bicyclic) bond motifs is 2. The Labute approximate surface area is 54.8 Å². The van der Waals surface area contributed by atoms with Crippen molar-refractivity contribution in [1.82, 2.24) is 0 Å². The Kier molecular flexibility index (Phi) is 1.24. The number of ether oxygens (including phenoxy) is 1. The maximum atomic E-state index is 8.77. The lowest BCUT2D eigenvalue weighted by Crippen LogP contribution is -2.46. The SMILES string of the molecule is OCC1CC2CC(C1)O2. The fourth-order valence-corrected chi connectivity index (χ4v) is 1.85. The highest BCUT2D eigenvalue weighted by Crippen LogP contribution is 2.37. The van der Waals surface area contributed by atoms with E-state index in [-0.39, 0.29) is 0 Å². The molecule has 3 rings (SSSR count). The summed E-state index contributed by atoms with van der Waals surface area (Å²) in [4.78, 5) is 0. The average molecular weight is 128 g/mol. The van der Waals surface area contributed by atoms with Crippen LogP contribution in [0.2, 0.25) is 0 Å². The molecule has 2 unspecified atom stereocenters. The summed E-state index contributed by atoms with van der Waals surface area (Å²) in [6, 6.07) is 0. The zero-order valence-corrected chi connectivity index (χ0v) is 5.42. The molecule has 2 atom stereocenters. The highest BCUT2D eigenvalue weighted by Gasteiger charge is 2.38. The van der Waals surface area contributed by atoms with Crippen LogP contribution in [0, 0.1) is 5.92 Å². The zero-order valence-electron chi connectivity index (χ0n) is 5.42. The number of hydrogen-bond donors (Lipinski definition) is 1. The zero-order chi connectivity index (χ0) is 6.27. The first kappa shape index (κ1) is 5.69. The van der Waals surface area contributed by atoms with E-state index in [9.17, 15) is 0 Å². The Morgan fingerprint density at radius 3 is 2.11 bits per heavy atom. The second kappa shape index (κ2) is 1.96. The molecule has 2 aliphatic heterocycles. The molecule has 0 aromatic rings. The van der Waals surface area contributed by atoms with Gasteiger partial charge in [0.05, 0.1) is 12.2 Å². The van der Waals surface area contributed by atoms with E-state index in [0.717, 1.165) is 12.8 Å². The minimum Gasteiger partial charge on any atom is -0.396 e. The van der Waals surface area contributed by atoms with Gasteiger partial charge in [-0.15, -0.1) is 0 Å². The molecule has 0 amide bonds. The third-order valence-corrected chi connectivity index (χ3v) is 2.36. The van der Waals surface area contributed by atoms with Gasteiger partial charge in [-0.1, -0.05) is 0 Å². The molecule has 3 fully saturated rings. The predicted molar refractivity (Wildman–Crippen MR) is 33.1 cm³/mol. The van der Waals surface area contributed by atoms with E-state index in [0.29, 0.717) is 24.7 Å². The molecule has 9 heavy (non-hydrogen) atoms. The molecule has 2 heterocycles. The van der Waals surface area contributed by atoms with Crippen molar-refractivity contribution in [3.8, 4) is 0 Å². The molecule has 2 bridgehead atoms. The minimum absolute atomic E-state index is 0.358. The van der Waals surface area contributed by atoms with Crippen LogP contribution >= 0.6 is 0 Å². The van der Waals surface area contributed by atoms with Gasteiger partial charge < -0.3 is 9.84 Å². The van der Waals surface area contributed by atoms with E-state index in [1.807, 2.05) is 0 Å². The Balaban J connectivity index is 1.89. The van der Waals surface area contributed by atoms with Gasteiger partial charge in [0.25, 0.3) is 0 Å². The van der Waals surface area contributed by atoms with Crippen LogP contribution in [0.15, 0.2) is 0 Å². The van der Waals surface area contributed by atoms with Crippen molar-refractivity contribution in [2.45, 2.75) is 31.5 Å². The summed E-state index contributed by atoms with van der Waals surface area (Å²) in [5.74, 6) is 0.544. The van der Waals surface area contributed by atoms with Crippen LogP contribution in [0.1, 0.15) is 19.3 Å². The minimum atomic E-state index is 0.358. The fraction of sp³-hybridized carbons (Fsp3) is 1.00. The van der Waals surface area contributed by atoms with Crippen LogP contribution in [-0.2, 0) is 4.74 Å². The largest absolute Gasteiger partial charge is 0.396 e. The summed E-state index contributed by atoms with van der Waals surface area (Å²) in [7, 11) is 0. The standard InChI is InChI=1S/C7H12O2/c8-4-5-1-6-3-7(2-5)9-6/h5-8H,1-4H2. The van der Waals surface area contributed by atoms with Gasteiger partial charge in [0.2, 0.25) is 0 Å². The summed E-state index contributed by atoms with van der Waals surface area (Å²) < 4.78 is 5.40. The number of aliphatic hydroxyl groups is 1. The summed E-state index contributed by atoms with van der Waals surface area (Å²) in [6.07, 6.45) is 4.43.